The van der Waals surface area contributed by atoms with Crippen LogP contribution in [0.4, 0.5) is 0 Å². The van der Waals surface area contributed by atoms with Crippen LogP contribution in [0.15, 0.2) is 28.8 Å². The third-order valence-corrected chi connectivity index (χ3v) is 6.01. The molecule has 20 heavy (non-hydrogen) atoms. The standard InChI is InChI=1S/C13H15IN2O3S/c1-3-9(2)20(17,18)8-12-15-13(16-19-12)10-4-6-11(14)7-5-10/h4-7,9H,3,8H2,1-2H3. The van der Waals surface area contributed by atoms with Gasteiger partial charge in [0.25, 0.3) is 0 Å². The zero-order valence-electron chi connectivity index (χ0n) is 11.2. The van der Waals surface area contributed by atoms with Crippen LogP contribution in [0, 0.1) is 3.57 Å². The minimum Gasteiger partial charge on any atom is -0.338 e. The molecule has 0 aliphatic rings. The van der Waals surface area contributed by atoms with Crippen LogP contribution in [0.1, 0.15) is 26.2 Å². The molecular weight excluding hydrogens is 391 g/mol. The number of nitrogens with zero attached hydrogens (tertiary/aromatic N) is 2. The second kappa shape index (κ2) is 6.21. The highest BCUT2D eigenvalue weighted by molar-refractivity contribution is 14.1. The van der Waals surface area contributed by atoms with Crippen molar-refractivity contribution in [2.45, 2.75) is 31.3 Å². The number of hydrogen-bond donors (Lipinski definition) is 0. The van der Waals surface area contributed by atoms with E-state index < -0.39 is 15.1 Å². The summed E-state index contributed by atoms with van der Waals surface area (Å²) in [4.78, 5) is 4.15. The molecule has 0 spiro atoms. The van der Waals surface area contributed by atoms with Gasteiger partial charge >= 0.3 is 0 Å². The van der Waals surface area contributed by atoms with E-state index in [1.54, 1.807) is 6.92 Å². The Bertz CT molecular complexity index is 680. The van der Waals surface area contributed by atoms with Crippen LogP contribution in [0.5, 0.6) is 0 Å². The van der Waals surface area contributed by atoms with Gasteiger partial charge in [0.1, 0.15) is 5.75 Å². The molecular formula is C13H15IN2O3S. The van der Waals surface area contributed by atoms with Crippen molar-refractivity contribution in [3.8, 4) is 11.4 Å². The van der Waals surface area contributed by atoms with Gasteiger partial charge in [0.05, 0.1) is 5.25 Å². The van der Waals surface area contributed by atoms with Crippen LogP contribution in [-0.2, 0) is 15.6 Å². The van der Waals surface area contributed by atoms with E-state index in [1.165, 1.54) is 0 Å². The Balaban J connectivity index is 2.20. The zero-order chi connectivity index (χ0) is 14.8. The molecule has 0 saturated carbocycles. The molecule has 0 aliphatic carbocycles. The normalized spacial score (nSPS) is 13.3. The summed E-state index contributed by atoms with van der Waals surface area (Å²) in [5, 5.41) is 3.43. The van der Waals surface area contributed by atoms with E-state index in [1.807, 2.05) is 31.2 Å². The lowest BCUT2D eigenvalue weighted by atomic mass is 10.2. The molecule has 2 aromatic rings. The summed E-state index contributed by atoms with van der Waals surface area (Å²) in [6.07, 6.45) is 0.570. The first-order valence-electron chi connectivity index (χ1n) is 6.22. The van der Waals surface area contributed by atoms with E-state index in [0.717, 1.165) is 9.13 Å². The quantitative estimate of drug-likeness (QED) is 0.714. The van der Waals surface area contributed by atoms with Crippen molar-refractivity contribution in [3.05, 3.63) is 33.7 Å². The van der Waals surface area contributed by atoms with Gasteiger partial charge in [0.15, 0.2) is 9.84 Å². The average molecular weight is 406 g/mol. The summed E-state index contributed by atoms with van der Waals surface area (Å²) in [5.74, 6) is 0.342. The van der Waals surface area contributed by atoms with E-state index in [4.69, 9.17) is 4.52 Å². The van der Waals surface area contributed by atoms with Crippen LogP contribution in [-0.4, -0.2) is 23.8 Å². The van der Waals surface area contributed by atoms with Gasteiger partial charge in [-0.3, -0.25) is 0 Å². The Morgan fingerprint density at radius 1 is 1.30 bits per heavy atom. The minimum absolute atomic E-state index is 0.138. The largest absolute Gasteiger partial charge is 0.338 e. The minimum atomic E-state index is -3.24. The first kappa shape index (κ1) is 15.4. The van der Waals surface area contributed by atoms with Gasteiger partial charge in [-0.15, -0.1) is 0 Å². The maximum absolute atomic E-state index is 12.0. The van der Waals surface area contributed by atoms with Crippen LogP contribution in [0.2, 0.25) is 0 Å². The van der Waals surface area contributed by atoms with Crippen molar-refractivity contribution in [1.82, 2.24) is 10.1 Å². The summed E-state index contributed by atoms with van der Waals surface area (Å²) in [5.41, 5.74) is 0.807. The lowest BCUT2D eigenvalue weighted by Gasteiger charge is -2.07. The lowest BCUT2D eigenvalue weighted by molar-refractivity contribution is 0.389. The van der Waals surface area contributed by atoms with Gasteiger partial charge in [-0.1, -0.05) is 24.2 Å². The number of sulfone groups is 1. The highest BCUT2D eigenvalue weighted by Crippen LogP contribution is 2.19. The van der Waals surface area contributed by atoms with Crippen LogP contribution in [0.25, 0.3) is 11.4 Å². The molecule has 0 aliphatic heterocycles. The Morgan fingerprint density at radius 3 is 2.55 bits per heavy atom. The fraction of sp³-hybridized carbons (Fsp3) is 0.385. The molecule has 0 fully saturated rings. The fourth-order valence-electron chi connectivity index (χ4n) is 1.60. The topological polar surface area (TPSA) is 73.1 Å². The molecule has 7 heteroatoms. The number of rotatable bonds is 5. The van der Waals surface area contributed by atoms with E-state index in [-0.39, 0.29) is 11.6 Å². The maximum Gasteiger partial charge on any atom is 0.242 e. The van der Waals surface area contributed by atoms with Crippen molar-refractivity contribution in [2.24, 2.45) is 0 Å². The van der Waals surface area contributed by atoms with Gasteiger partial charge in [0, 0.05) is 9.13 Å². The Hall–Kier alpha value is -0.960. The van der Waals surface area contributed by atoms with Gasteiger partial charge in [0.2, 0.25) is 11.7 Å². The third-order valence-electron chi connectivity index (χ3n) is 3.08. The van der Waals surface area contributed by atoms with E-state index >= 15 is 0 Å². The van der Waals surface area contributed by atoms with Crippen LogP contribution < -0.4 is 0 Å². The SMILES string of the molecule is CCC(C)S(=O)(=O)Cc1nc(-c2ccc(I)cc2)no1. The van der Waals surface area contributed by atoms with Gasteiger partial charge in [-0.2, -0.15) is 4.98 Å². The fourth-order valence-corrected chi connectivity index (χ4v) is 3.21. The van der Waals surface area contributed by atoms with Crippen molar-refractivity contribution in [3.63, 3.8) is 0 Å². The van der Waals surface area contributed by atoms with Gasteiger partial charge in [-0.25, -0.2) is 8.42 Å². The molecule has 0 N–H and O–H groups in total. The zero-order valence-corrected chi connectivity index (χ0v) is 14.2. The van der Waals surface area contributed by atoms with Crippen molar-refractivity contribution in [2.75, 3.05) is 0 Å². The monoisotopic (exact) mass is 406 g/mol. The molecule has 1 heterocycles. The van der Waals surface area contributed by atoms with Crippen molar-refractivity contribution < 1.29 is 12.9 Å². The number of aromatic nitrogens is 2. The first-order chi connectivity index (χ1) is 9.42. The molecule has 5 nitrogen and oxygen atoms in total. The van der Waals surface area contributed by atoms with Crippen molar-refractivity contribution in [1.29, 1.82) is 0 Å². The molecule has 0 bridgehead atoms. The van der Waals surface area contributed by atoms with E-state index in [9.17, 15) is 8.42 Å². The predicted octanol–water partition coefficient (Wildman–Crippen LogP) is 3.05. The summed E-state index contributed by atoms with van der Waals surface area (Å²) >= 11 is 2.21. The smallest absolute Gasteiger partial charge is 0.242 e. The van der Waals surface area contributed by atoms with Gasteiger partial charge < -0.3 is 4.52 Å². The predicted molar refractivity (Wildman–Crippen MR) is 84.8 cm³/mol. The molecule has 0 saturated heterocycles. The summed E-state index contributed by atoms with van der Waals surface area (Å²) in [6.45, 7) is 3.53. The molecule has 1 aromatic heterocycles. The first-order valence-corrected chi connectivity index (χ1v) is 9.02. The molecule has 1 atom stereocenters. The van der Waals surface area contributed by atoms with E-state index in [0.29, 0.717) is 12.2 Å². The second-order valence-corrected chi connectivity index (χ2v) is 8.21. The van der Waals surface area contributed by atoms with Gasteiger partial charge in [-0.05, 0) is 48.1 Å². The highest BCUT2D eigenvalue weighted by Gasteiger charge is 2.23. The Morgan fingerprint density at radius 2 is 1.95 bits per heavy atom. The second-order valence-electron chi connectivity index (χ2n) is 4.54. The van der Waals surface area contributed by atoms with E-state index in [2.05, 4.69) is 32.7 Å². The Kier molecular flexibility index (Phi) is 4.79. The number of hydrogen-bond acceptors (Lipinski definition) is 5. The van der Waals surface area contributed by atoms with Crippen molar-refractivity contribution >= 4 is 32.4 Å². The molecule has 0 amide bonds. The maximum atomic E-state index is 12.0. The average Bonchev–Trinajstić information content (AvgIpc) is 2.86. The Labute approximate surface area is 131 Å². The third kappa shape index (κ3) is 3.57. The molecule has 2 rings (SSSR count). The summed E-state index contributed by atoms with van der Waals surface area (Å²) < 4.78 is 30.1. The lowest BCUT2D eigenvalue weighted by Crippen LogP contribution is -2.18. The summed E-state index contributed by atoms with van der Waals surface area (Å²) in [6, 6.07) is 7.61. The highest BCUT2D eigenvalue weighted by atomic mass is 127. The van der Waals surface area contributed by atoms with Crippen LogP contribution in [0.3, 0.4) is 0 Å². The molecule has 1 aromatic carbocycles. The number of halogens is 1. The number of benzene rings is 1. The summed E-state index contributed by atoms with van der Waals surface area (Å²) in [7, 11) is -3.24. The molecule has 1 unspecified atom stereocenters. The molecule has 108 valence electrons. The van der Waals surface area contributed by atoms with Crippen LogP contribution >= 0.6 is 22.6 Å². The molecule has 0 radical (unpaired) electrons.